The van der Waals surface area contributed by atoms with Crippen molar-refractivity contribution in [3.8, 4) is 11.5 Å². The van der Waals surface area contributed by atoms with Gasteiger partial charge in [-0.2, -0.15) is 4.31 Å². The Morgan fingerprint density at radius 2 is 1.57 bits per heavy atom. The summed E-state index contributed by atoms with van der Waals surface area (Å²) in [5.41, 5.74) is 0. The Morgan fingerprint density at radius 3 is 2.04 bits per heavy atom. The van der Waals surface area contributed by atoms with Crippen LogP contribution in [-0.4, -0.2) is 67.0 Å². The Morgan fingerprint density at radius 1 is 1.00 bits per heavy atom. The van der Waals surface area contributed by atoms with E-state index in [1.807, 2.05) is 0 Å². The number of benzene rings is 1. The lowest BCUT2D eigenvalue weighted by molar-refractivity contribution is 0.274. The summed E-state index contributed by atoms with van der Waals surface area (Å²) >= 11 is 0. The van der Waals surface area contributed by atoms with Crippen LogP contribution in [0, 0.1) is 0 Å². The van der Waals surface area contributed by atoms with E-state index in [-0.39, 0.29) is 26.2 Å². The molecule has 0 radical (unpaired) electrons. The first-order valence-electron chi connectivity index (χ1n) is 6.78. The standard InChI is InChI=1S/C13H22N2O6S2/c1-20-12-4-6-13(7-5-12)21-11-10-15(23(3,18)19)9-8-14-22(2,16)17/h4-7,14H,8-11H2,1-3H3. The maximum atomic E-state index is 11.7. The van der Waals surface area contributed by atoms with Crippen molar-refractivity contribution in [2.45, 2.75) is 0 Å². The molecule has 0 aromatic heterocycles. The van der Waals surface area contributed by atoms with E-state index in [0.29, 0.717) is 11.5 Å². The van der Waals surface area contributed by atoms with Gasteiger partial charge in [-0.15, -0.1) is 0 Å². The summed E-state index contributed by atoms with van der Waals surface area (Å²) in [6.45, 7) is 0.320. The number of methoxy groups -OCH3 is 1. The van der Waals surface area contributed by atoms with Gasteiger partial charge in [-0.3, -0.25) is 0 Å². The van der Waals surface area contributed by atoms with E-state index in [4.69, 9.17) is 9.47 Å². The maximum Gasteiger partial charge on any atom is 0.211 e. The van der Waals surface area contributed by atoms with Gasteiger partial charge in [-0.05, 0) is 24.3 Å². The molecular formula is C13H22N2O6S2. The zero-order valence-corrected chi connectivity index (χ0v) is 15.0. The fourth-order valence-corrected chi connectivity index (χ4v) is 3.03. The van der Waals surface area contributed by atoms with Crippen LogP contribution in [0.3, 0.4) is 0 Å². The Kier molecular flexibility index (Phi) is 7.26. The van der Waals surface area contributed by atoms with Gasteiger partial charge >= 0.3 is 0 Å². The molecule has 0 aliphatic carbocycles. The minimum atomic E-state index is -3.45. The molecule has 0 atom stereocenters. The van der Waals surface area contributed by atoms with Gasteiger partial charge in [0.15, 0.2) is 0 Å². The molecule has 0 spiro atoms. The van der Waals surface area contributed by atoms with Gasteiger partial charge < -0.3 is 9.47 Å². The first-order chi connectivity index (χ1) is 10.6. The van der Waals surface area contributed by atoms with E-state index >= 15 is 0 Å². The Balaban J connectivity index is 2.50. The first-order valence-corrected chi connectivity index (χ1v) is 10.5. The summed E-state index contributed by atoms with van der Waals surface area (Å²) in [7, 11) is -5.24. The quantitative estimate of drug-likeness (QED) is 0.620. The average Bonchev–Trinajstić information content (AvgIpc) is 2.44. The number of hydrogen-bond acceptors (Lipinski definition) is 6. The molecule has 8 nitrogen and oxygen atoms in total. The number of hydrogen-bond donors (Lipinski definition) is 1. The van der Waals surface area contributed by atoms with Crippen LogP contribution >= 0.6 is 0 Å². The lowest BCUT2D eigenvalue weighted by Crippen LogP contribution is -2.39. The van der Waals surface area contributed by atoms with E-state index in [2.05, 4.69) is 4.72 Å². The number of nitrogens with zero attached hydrogens (tertiary/aromatic N) is 1. The van der Waals surface area contributed by atoms with Crippen LogP contribution in [-0.2, 0) is 20.0 Å². The number of ether oxygens (including phenoxy) is 2. The molecular weight excluding hydrogens is 344 g/mol. The molecule has 1 N–H and O–H groups in total. The molecule has 1 aromatic rings. The van der Waals surface area contributed by atoms with Crippen molar-refractivity contribution < 1.29 is 26.3 Å². The van der Waals surface area contributed by atoms with Crippen LogP contribution in [0.1, 0.15) is 0 Å². The lowest BCUT2D eigenvalue weighted by Gasteiger charge is -2.20. The van der Waals surface area contributed by atoms with Crippen LogP contribution in [0.2, 0.25) is 0 Å². The van der Waals surface area contributed by atoms with Crippen LogP contribution < -0.4 is 14.2 Å². The lowest BCUT2D eigenvalue weighted by atomic mass is 10.3. The summed E-state index contributed by atoms with van der Waals surface area (Å²) in [6, 6.07) is 6.91. The molecule has 0 amide bonds. The van der Waals surface area contributed by atoms with Crippen molar-refractivity contribution >= 4 is 20.0 Å². The molecule has 0 aliphatic heterocycles. The fourth-order valence-electron chi connectivity index (χ4n) is 1.74. The van der Waals surface area contributed by atoms with Crippen LogP contribution in [0.15, 0.2) is 24.3 Å². The van der Waals surface area contributed by atoms with Crippen molar-refractivity contribution in [3.05, 3.63) is 24.3 Å². The molecule has 0 bridgehead atoms. The molecule has 132 valence electrons. The molecule has 23 heavy (non-hydrogen) atoms. The van der Waals surface area contributed by atoms with Gasteiger partial charge in [0.2, 0.25) is 20.0 Å². The van der Waals surface area contributed by atoms with Crippen molar-refractivity contribution in [1.82, 2.24) is 9.03 Å². The molecule has 0 saturated carbocycles. The Bertz CT molecular complexity index is 686. The molecule has 0 fully saturated rings. The third kappa shape index (κ3) is 8.16. The van der Waals surface area contributed by atoms with E-state index in [0.717, 1.165) is 16.8 Å². The topological polar surface area (TPSA) is 102 Å². The van der Waals surface area contributed by atoms with Crippen molar-refractivity contribution in [1.29, 1.82) is 0 Å². The molecule has 0 heterocycles. The molecule has 1 aromatic carbocycles. The van der Waals surface area contributed by atoms with E-state index in [1.165, 1.54) is 0 Å². The van der Waals surface area contributed by atoms with E-state index in [9.17, 15) is 16.8 Å². The summed E-state index contributed by atoms with van der Waals surface area (Å²) in [4.78, 5) is 0. The molecule has 10 heteroatoms. The van der Waals surface area contributed by atoms with Crippen LogP contribution in [0.4, 0.5) is 0 Å². The summed E-state index contributed by atoms with van der Waals surface area (Å²) in [5, 5.41) is 0. The van der Waals surface area contributed by atoms with Gasteiger partial charge in [-0.25, -0.2) is 21.6 Å². The first kappa shape index (κ1) is 19.7. The monoisotopic (exact) mass is 366 g/mol. The largest absolute Gasteiger partial charge is 0.497 e. The van der Waals surface area contributed by atoms with Gasteiger partial charge in [0.05, 0.1) is 19.6 Å². The molecule has 0 unspecified atom stereocenters. The highest BCUT2D eigenvalue weighted by Gasteiger charge is 2.16. The summed E-state index contributed by atoms with van der Waals surface area (Å²) in [6.07, 6.45) is 2.09. The highest BCUT2D eigenvalue weighted by Crippen LogP contribution is 2.16. The van der Waals surface area contributed by atoms with Crippen LogP contribution in [0.25, 0.3) is 0 Å². The number of sulfonamides is 2. The van der Waals surface area contributed by atoms with E-state index < -0.39 is 20.0 Å². The van der Waals surface area contributed by atoms with Gasteiger partial charge in [0.1, 0.15) is 18.1 Å². The fraction of sp³-hybridized carbons (Fsp3) is 0.538. The zero-order chi connectivity index (χ0) is 17.5. The third-order valence-corrected chi connectivity index (χ3v) is 4.90. The van der Waals surface area contributed by atoms with Crippen molar-refractivity contribution in [2.24, 2.45) is 0 Å². The second-order valence-electron chi connectivity index (χ2n) is 4.85. The molecule has 0 aliphatic rings. The SMILES string of the molecule is COc1ccc(OCCN(CCNS(C)(=O)=O)S(C)(=O)=O)cc1. The van der Waals surface area contributed by atoms with Gasteiger partial charge in [0, 0.05) is 19.6 Å². The summed E-state index contributed by atoms with van der Waals surface area (Å²) in [5.74, 6) is 1.29. The minimum Gasteiger partial charge on any atom is -0.497 e. The smallest absolute Gasteiger partial charge is 0.211 e. The Hall–Kier alpha value is -1.36. The average molecular weight is 366 g/mol. The molecule has 1 rings (SSSR count). The highest BCUT2D eigenvalue weighted by atomic mass is 32.2. The number of nitrogens with one attached hydrogen (secondary N) is 1. The maximum absolute atomic E-state index is 11.7. The molecule has 0 saturated heterocycles. The normalized spacial score (nSPS) is 12.3. The predicted octanol–water partition coefficient (Wildman–Crippen LogP) is -0.115. The Labute approximate surface area is 137 Å². The number of rotatable bonds is 10. The highest BCUT2D eigenvalue weighted by molar-refractivity contribution is 7.88. The van der Waals surface area contributed by atoms with Crippen LogP contribution in [0.5, 0.6) is 11.5 Å². The van der Waals surface area contributed by atoms with Crippen molar-refractivity contribution in [3.63, 3.8) is 0 Å². The second kappa shape index (κ2) is 8.48. The second-order valence-corrected chi connectivity index (χ2v) is 8.67. The van der Waals surface area contributed by atoms with Gasteiger partial charge in [0.25, 0.3) is 0 Å². The van der Waals surface area contributed by atoms with E-state index in [1.54, 1.807) is 31.4 Å². The third-order valence-electron chi connectivity index (χ3n) is 2.86. The minimum absolute atomic E-state index is 0.00837. The predicted molar refractivity (Wildman–Crippen MR) is 87.8 cm³/mol. The van der Waals surface area contributed by atoms with Crippen molar-refractivity contribution in [2.75, 3.05) is 45.9 Å². The summed E-state index contributed by atoms with van der Waals surface area (Å²) < 4.78 is 59.3. The zero-order valence-electron chi connectivity index (χ0n) is 13.4. The van der Waals surface area contributed by atoms with Gasteiger partial charge in [-0.1, -0.05) is 0 Å².